The molecule has 3 aliphatic heterocycles. The van der Waals surface area contributed by atoms with Crippen LogP contribution in [0.4, 0.5) is 10.5 Å². The van der Waals surface area contributed by atoms with Gasteiger partial charge in [0.15, 0.2) is 0 Å². The summed E-state index contributed by atoms with van der Waals surface area (Å²) < 4.78 is 4.94. The van der Waals surface area contributed by atoms with Crippen molar-refractivity contribution in [2.45, 2.75) is 10.4 Å². The molecule has 0 saturated carbocycles. The van der Waals surface area contributed by atoms with Gasteiger partial charge in [0.2, 0.25) is 5.91 Å². The number of piperazine rings is 1. The maximum Gasteiger partial charge on any atom is 0.407 e. The highest BCUT2D eigenvalue weighted by Gasteiger charge is 2.50. The van der Waals surface area contributed by atoms with Crippen LogP contribution in [0, 0.1) is 0 Å². The Morgan fingerprint density at radius 1 is 1.03 bits per heavy atom. The fraction of sp³-hybridized carbons (Fsp3) is 0.375. The number of likely N-dealkylation sites (tertiary alicyclic amines) is 1. The number of carbonyl (C=O) groups is 3. The number of cyclic esters (lactones) is 1. The predicted octanol–water partition coefficient (Wildman–Crippen LogP) is 3.37. The largest absolute Gasteiger partial charge is 0.447 e. The SMILES string of the molecule is O=C1NC2(CO1)CN(C(=O)CSc1ccc(C(=O)N3CCN(c4cccc(Cl)c4)CC3)cc1Cl)C2. The summed E-state index contributed by atoms with van der Waals surface area (Å²) in [5.41, 5.74) is 1.15. The van der Waals surface area contributed by atoms with Gasteiger partial charge in [-0.2, -0.15) is 0 Å². The van der Waals surface area contributed by atoms with E-state index in [1.807, 2.05) is 29.2 Å². The maximum absolute atomic E-state index is 13.0. The number of thioether (sulfide) groups is 1. The van der Waals surface area contributed by atoms with Crippen LogP contribution < -0.4 is 10.2 Å². The van der Waals surface area contributed by atoms with Crippen LogP contribution in [0.5, 0.6) is 0 Å². The number of nitrogens with zero attached hydrogens (tertiary/aromatic N) is 3. The van der Waals surface area contributed by atoms with Gasteiger partial charge in [-0.05, 0) is 36.4 Å². The van der Waals surface area contributed by atoms with Crippen LogP contribution in [0.3, 0.4) is 0 Å². The smallest absolute Gasteiger partial charge is 0.407 e. The van der Waals surface area contributed by atoms with Crippen molar-refractivity contribution in [2.24, 2.45) is 0 Å². The first-order chi connectivity index (χ1) is 16.8. The summed E-state index contributed by atoms with van der Waals surface area (Å²) in [6.07, 6.45) is -0.434. The molecule has 184 valence electrons. The Hall–Kier alpha value is -2.62. The Morgan fingerprint density at radius 2 is 1.80 bits per heavy atom. The summed E-state index contributed by atoms with van der Waals surface area (Å²) in [7, 11) is 0. The number of benzene rings is 2. The van der Waals surface area contributed by atoms with E-state index < -0.39 is 11.6 Å². The molecule has 0 unspecified atom stereocenters. The van der Waals surface area contributed by atoms with Gasteiger partial charge in [-0.25, -0.2) is 4.79 Å². The molecule has 0 atom stereocenters. The van der Waals surface area contributed by atoms with E-state index in [9.17, 15) is 14.4 Å². The van der Waals surface area contributed by atoms with Crippen molar-refractivity contribution in [3.05, 3.63) is 58.1 Å². The molecule has 8 nitrogen and oxygen atoms in total. The maximum atomic E-state index is 13.0. The lowest BCUT2D eigenvalue weighted by molar-refractivity contribution is -0.136. The zero-order chi connectivity index (χ0) is 24.6. The Balaban J connectivity index is 1.12. The molecule has 11 heteroatoms. The van der Waals surface area contributed by atoms with Crippen LogP contribution in [-0.2, 0) is 9.53 Å². The van der Waals surface area contributed by atoms with Crippen LogP contribution >= 0.6 is 35.0 Å². The second kappa shape index (κ2) is 9.79. The van der Waals surface area contributed by atoms with E-state index in [0.29, 0.717) is 48.4 Å². The summed E-state index contributed by atoms with van der Waals surface area (Å²) in [5, 5.41) is 3.91. The summed E-state index contributed by atoms with van der Waals surface area (Å²) in [6.45, 7) is 3.86. The van der Waals surface area contributed by atoms with Gasteiger partial charge < -0.3 is 24.8 Å². The summed E-state index contributed by atoms with van der Waals surface area (Å²) in [4.78, 5) is 43.3. The normalized spacial score (nSPS) is 18.8. The molecular formula is C24H24Cl2N4O4S. The fourth-order valence-corrected chi connectivity index (χ4v) is 5.88. The van der Waals surface area contributed by atoms with E-state index in [1.54, 1.807) is 23.1 Å². The first-order valence-electron chi connectivity index (χ1n) is 11.3. The minimum atomic E-state index is -0.434. The van der Waals surface area contributed by atoms with Crippen LogP contribution in [0.2, 0.25) is 10.0 Å². The molecule has 3 amide bonds. The van der Waals surface area contributed by atoms with Crippen molar-refractivity contribution >= 4 is 58.6 Å². The molecular weight excluding hydrogens is 511 g/mol. The minimum Gasteiger partial charge on any atom is -0.447 e. The molecule has 0 radical (unpaired) electrons. The number of nitrogens with one attached hydrogen (secondary N) is 1. The lowest BCUT2D eigenvalue weighted by Gasteiger charge is -2.45. The van der Waals surface area contributed by atoms with Crippen LogP contribution in [0.15, 0.2) is 47.4 Å². The van der Waals surface area contributed by atoms with E-state index in [0.717, 1.165) is 23.7 Å². The number of halogens is 2. The van der Waals surface area contributed by atoms with Crippen molar-refractivity contribution in [2.75, 3.05) is 56.5 Å². The number of alkyl carbamates (subject to hydrolysis) is 1. The Morgan fingerprint density at radius 3 is 2.46 bits per heavy atom. The Bertz CT molecular complexity index is 1170. The second-order valence-corrected chi connectivity index (χ2v) is 10.8. The average Bonchev–Trinajstić information content (AvgIpc) is 3.24. The first-order valence-corrected chi connectivity index (χ1v) is 13.0. The van der Waals surface area contributed by atoms with Crippen LogP contribution in [0.1, 0.15) is 10.4 Å². The molecule has 3 saturated heterocycles. The average molecular weight is 535 g/mol. The minimum absolute atomic E-state index is 0.0319. The zero-order valence-electron chi connectivity index (χ0n) is 18.8. The number of hydrogen-bond acceptors (Lipinski definition) is 6. The van der Waals surface area contributed by atoms with Crippen LogP contribution in [-0.4, -0.2) is 84.9 Å². The molecule has 5 rings (SSSR count). The standard InChI is InChI=1S/C24H24Cl2N4O4S/c25-17-2-1-3-18(11-17)28-6-8-29(9-7-28)22(32)16-4-5-20(19(26)10-16)35-12-21(31)30-13-24(14-30)15-34-23(33)27-24/h1-5,10-11H,6-9,12-15H2,(H,27,33). The fourth-order valence-electron chi connectivity index (χ4n) is 4.53. The van der Waals surface area contributed by atoms with Crippen molar-refractivity contribution in [3.63, 3.8) is 0 Å². The number of hydrogen-bond donors (Lipinski definition) is 1. The van der Waals surface area contributed by atoms with E-state index >= 15 is 0 Å². The van der Waals surface area contributed by atoms with Crippen molar-refractivity contribution < 1.29 is 19.1 Å². The summed E-state index contributed by atoms with van der Waals surface area (Å²) in [5.74, 6) is 0.135. The molecule has 1 spiro atoms. The summed E-state index contributed by atoms with van der Waals surface area (Å²) >= 11 is 13.9. The summed E-state index contributed by atoms with van der Waals surface area (Å²) in [6, 6.07) is 12.9. The third-order valence-corrected chi connectivity index (χ3v) is 8.17. The number of rotatable bonds is 5. The predicted molar refractivity (Wildman–Crippen MR) is 136 cm³/mol. The highest BCUT2D eigenvalue weighted by atomic mass is 35.5. The number of anilines is 1. The van der Waals surface area contributed by atoms with Gasteiger partial charge in [-0.1, -0.05) is 29.3 Å². The third-order valence-electron chi connectivity index (χ3n) is 6.46. The quantitative estimate of drug-likeness (QED) is 0.592. The molecule has 1 N–H and O–H groups in total. The highest BCUT2D eigenvalue weighted by molar-refractivity contribution is 8.00. The number of amides is 3. The monoisotopic (exact) mass is 534 g/mol. The van der Waals surface area contributed by atoms with Gasteiger partial charge >= 0.3 is 6.09 Å². The molecule has 2 aromatic carbocycles. The van der Waals surface area contributed by atoms with E-state index in [-0.39, 0.29) is 17.6 Å². The Kier molecular flexibility index (Phi) is 6.74. The number of carbonyl (C=O) groups excluding carboxylic acids is 3. The van der Waals surface area contributed by atoms with Gasteiger partial charge in [0.1, 0.15) is 12.1 Å². The molecule has 3 fully saturated rings. The van der Waals surface area contributed by atoms with E-state index in [1.165, 1.54) is 11.8 Å². The molecule has 0 bridgehead atoms. The van der Waals surface area contributed by atoms with Crippen molar-refractivity contribution in [1.82, 2.24) is 15.1 Å². The molecule has 35 heavy (non-hydrogen) atoms. The van der Waals surface area contributed by atoms with Crippen LogP contribution in [0.25, 0.3) is 0 Å². The van der Waals surface area contributed by atoms with Gasteiger partial charge in [0, 0.05) is 60.4 Å². The first kappa shape index (κ1) is 24.1. The second-order valence-electron chi connectivity index (χ2n) is 8.92. The van der Waals surface area contributed by atoms with Gasteiger partial charge in [-0.3, -0.25) is 9.59 Å². The molecule has 2 aromatic rings. The molecule has 3 aliphatic rings. The molecule has 0 aliphatic carbocycles. The molecule has 3 heterocycles. The van der Waals surface area contributed by atoms with Gasteiger partial charge in [0.25, 0.3) is 5.91 Å². The lowest BCUT2D eigenvalue weighted by atomic mass is 9.92. The Labute approximate surface area is 217 Å². The van der Waals surface area contributed by atoms with Gasteiger partial charge in [0.05, 0.1) is 10.8 Å². The van der Waals surface area contributed by atoms with E-state index in [2.05, 4.69) is 10.2 Å². The number of ether oxygens (including phenoxy) is 1. The van der Waals surface area contributed by atoms with Crippen molar-refractivity contribution in [1.29, 1.82) is 0 Å². The van der Waals surface area contributed by atoms with Crippen molar-refractivity contribution in [3.8, 4) is 0 Å². The lowest BCUT2D eigenvalue weighted by Crippen LogP contribution is -2.70. The molecule has 0 aromatic heterocycles. The van der Waals surface area contributed by atoms with E-state index in [4.69, 9.17) is 27.9 Å². The van der Waals surface area contributed by atoms with Gasteiger partial charge in [-0.15, -0.1) is 11.8 Å². The third kappa shape index (κ3) is 5.17. The zero-order valence-corrected chi connectivity index (χ0v) is 21.2. The highest BCUT2D eigenvalue weighted by Crippen LogP contribution is 2.31. The topological polar surface area (TPSA) is 82.2 Å².